The van der Waals surface area contributed by atoms with Crippen molar-refractivity contribution >= 4 is 5.69 Å². The van der Waals surface area contributed by atoms with Gasteiger partial charge in [-0.3, -0.25) is 9.25 Å². The summed E-state index contributed by atoms with van der Waals surface area (Å²) in [6.45, 7) is 1.84. The smallest absolute Gasteiger partial charge is 0.159 e. The first kappa shape index (κ1) is 9.34. The minimum absolute atomic E-state index is 0.546. The van der Waals surface area contributed by atoms with Gasteiger partial charge in [-0.1, -0.05) is 0 Å². The number of hydrogen-bond acceptors (Lipinski definition) is 3. The fraction of sp³-hybridized carbons (Fsp3) is 0.200. The minimum Gasteiger partial charge on any atom is -0.394 e. The van der Waals surface area contributed by atoms with Gasteiger partial charge in [-0.05, 0) is 19.1 Å². The Balaban J connectivity index is 2.70. The Morgan fingerprint density at radius 3 is 2.80 bits per heavy atom. The van der Waals surface area contributed by atoms with Crippen molar-refractivity contribution in [1.82, 2.24) is 14.3 Å². The van der Waals surface area contributed by atoms with Crippen molar-refractivity contribution in [3.05, 3.63) is 29.7 Å². The van der Waals surface area contributed by atoms with Crippen LogP contribution in [-0.4, -0.2) is 14.3 Å². The van der Waals surface area contributed by atoms with Gasteiger partial charge in [-0.15, -0.1) is 0 Å². The van der Waals surface area contributed by atoms with Crippen LogP contribution in [0.25, 0.3) is 5.82 Å². The van der Waals surface area contributed by atoms with Crippen molar-refractivity contribution < 1.29 is 0 Å². The first-order chi connectivity index (χ1) is 7.15. The SMILES string of the molecule is Cc1nn(C)c(-n2cccc2C#N)c1N. The summed E-state index contributed by atoms with van der Waals surface area (Å²) >= 11 is 0. The molecule has 5 heteroatoms. The van der Waals surface area contributed by atoms with E-state index >= 15 is 0 Å². The third-order valence-corrected chi connectivity index (χ3v) is 2.33. The third kappa shape index (κ3) is 1.27. The van der Waals surface area contributed by atoms with Crippen molar-refractivity contribution in [1.29, 1.82) is 5.26 Å². The monoisotopic (exact) mass is 201 g/mol. The van der Waals surface area contributed by atoms with Gasteiger partial charge in [0.2, 0.25) is 0 Å². The van der Waals surface area contributed by atoms with E-state index in [9.17, 15) is 0 Å². The predicted octanol–water partition coefficient (Wildman–Crippen LogP) is 0.973. The van der Waals surface area contributed by atoms with E-state index in [1.807, 2.05) is 6.92 Å². The summed E-state index contributed by atoms with van der Waals surface area (Å²) in [6, 6.07) is 5.65. The molecule has 0 radical (unpaired) electrons. The molecule has 0 aromatic carbocycles. The topological polar surface area (TPSA) is 72.6 Å². The molecular formula is C10H11N5. The van der Waals surface area contributed by atoms with Gasteiger partial charge in [-0.25, -0.2) is 0 Å². The number of anilines is 1. The zero-order chi connectivity index (χ0) is 11.0. The van der Waals surface area contributed by atoms with Crippen LogP contribution < -0.4 is 5.73 Å². The average molecular weight is 201 g/mol. The van der Waals surface area contributed by atoms with Crippen LogP contribution in [0.2, 0.25) is 0 Å². The Kier molecular flexibility index (Phi) is 1.97. The first-order valence-corrected chi connectivity index (χ1v) is 4.52. The highest BCUT2D eigenvalue weighted by Gasteiger charge is 2.13. The number of nitriles is 1. The zero-order valence-corrected chi connectivity index (χ0v) is 8.60. The molecule has 0 atom stereocenters. The molecule has 2 aromatic heterocycles. The maximum absolute atomic E-state index is 8.92. The largest absolute Gasteiger partial charge is 0.394 e. The highest BCUT2D eigenvalue weighted by Crippen LogP contribution is 2.21. The van der Waals surface area contributed by atoms with Gasteiger partial charge in [0.05, 0.1) is 11.4 Å². The fourth-order valence-corrected chi connectivity index (χ4v) is 1.60. The molecule has 0 saturated heterocycles. The molecule has 0 fully saturated rings. The lowest BCUT2D eigenvalue weighted by atomic mass is 10.4. The van der Waals surface area contributed by atoms with E-state index < -0.39 is 0 Å². The van der Waals surface area contributed by atoms with Gasteiger partial charge >= 0.3 is 0 Å². The van der Waals surface area contributed by atoms with Gasteiger partial charge in [0.1, 0.15) is 11.8 Å². The Hall–Kier alpha value is -2.22. The number of nitrogens with zero attached hydrogens (tertiary/aromatic N) is 4. The van der Waals surface area contributed by atoms with Gasteiger partial charge < -0.3 is 5.73 Å². The molecule has 0 bridgehead atoms. The minimum atomic E-state index is 0.546. The maximum atomic E-state index is 8.92. The molecule has 2 aromatic rings. The molecule has 0 aliphatic rings. The quantitative estimate of drug-likeness (QED) is 0.747. The van der Waals surface area contributed by atoms with Crippen LogP contribution in [0.5, 0.6) is 0 Å². The van der Waals surface area contributed by atoms with E-state index in [-0.39, 0.29) is 0 Å². The molecule has 2 rings (SSSR count). The van der Waals surface area contributed by atoms with E-state index in [1.54, 1.807) is 34.6 Å². The standard InChI is InChI=1S/C10H11N5/c1-7-9(12)10(14(2)13-7)15-5-3-4-8(15)6-11/h3-5H,12H2,1-2H3. The second-order valence-electron chi connectivity index (χ2n) is 3.32. The lowest BCUT2D eigenvalue weighted by Crippen LogP contribution is -2.05. The van der Waals surface area contributed by atoms with Crippen molar-refractivity contribution in [2.45, 2.75) is 6.92 Å². The average Bonchev–Trinajstić information content (AvgIpc) is 2.73. The lowest BCUT2D eigenvalue weighted by Gasteiger charge is -2.05. The highest BCUT2D eigenvalue weighted by molar-refractivity contribution is 5.58. The summed E-state index contributed by atoms with van der Waals surface area (Å²) in [6.07, 6.45) is 1.80. The summed E-state index contributed by atoms with van der Waals surface area (Å²) < 4.78 is 3.40. The van der Waals surface area contributed by atoms with Crippen LogP contribution in [0, 0.1) is 18.3 Å². The van der Waals surface area contributed by atoms with E-state index in [0.717, 1.165) is 11.5 Å². The number of nitrogen functional groups attached to an aromatic ring is 1. The summed E-state index contributed by atoms with van der Waals surface area (Å²) in [5.74, 6) is 0.731. The van der Waals surface area contributed by atoms with Crippen molar-refractivity contribution in [2.75, 3.05) is 5.73 Å². The Morgan fingerprint density at radius 1 is 1.53 bits per heavy atom. The number of rotatable bonds is 1. The summed E-state index contributed by atoms with van der Waals surface area (Å²) in [5.41, 5.74) is 7.82. The Labute approximate surface area is 87.3 Å². The summed E-state index contributed by atoms with van der Waals surface area (Å²) in [7, 11) is 1.81. The molecule has 0 spiro atoms. The maximum Gasteiger partial charge on any atom is 0.159 e. The highest BCUT2D eigenvalue weighted by atomic mass is 15.3. The number of aromatic nitrogens is 3. The van der Waals surface area contributed by atoms with Gasteiger partial charge in [0, 0.05) is 13.2 Å². The number of nitrogens with two attached hydrogens (primary N) is 1. The van der Waals surface area contributed by atoms with E-state index in [4.69, 9.17) is 11.0 Å². The van der Waals surface area contributed by atoms with Crippen molar-refractivity contribution in [3.63, 3.8) is 0 Å². The molecule has 0 amide bonds. The van der Waals surface area contributed by atoms with E-state index in [1.165, 1.54) is 0 Å². The molecule has 0 aliphatic heterocycles. The van der Waals surface area contributed by atoms with Crippen molar-refractivity contribution in [3.8, 4) is 11.9 Å². The van der Waals surface area contributed by atoms with Crippen molar-refractivity contribution in [2.24, 2.45) is 7.05 Å². The van der Waals surface area contributed by atoms with Crippen LogP contribution in [0.15, 0.2) is 18.3 Å². The summed E-state index contributed by atoms with van der Waals surface area (Å²) in [5, 5.41) is 13.1. The zero-order valence-electron chi connectivity index (χ0n) is 8.60. The second-order valence-corrected chi connectivity index (χ2v) is 3.32. The van der Waals surface area contributed by atoms with E-state index in [2.05, 4.69) is 11.2 Å². The Bertz CT molecular complexity index is 541. The molecule has 2 N–H and O–H groups in total. The van der Waals surface area contributed by atoms with Crippen LogP contribution in [0.1, 0.15) is 11.4 Å². The Morgan fingerprint density at radius 2 is 2.27 bits per heavy atom. The van der Waals surface area contributed by atoms with Gasteiger partial charge in [-0.2, -0.15) is 10.4 Å². The molecule has 0 unspecified atom stereocenters. The molecular weight excluding hydrogens is 190 g/mol. The van der Waals surface area contributed by atoms with Crippen LogP contribution in [0.4, 0.5) is 5.69 Å². The lowest BCUT2D eigenvalue weighted by molar-refractivity contribution is 0.722. The van der Waals surface area contributed by atoms with E-state index in [0.29, 0.717) is 11.4 Å². The van der Waals surface area contributed by atoms with Gasteiger partial charge in [0.25, 0.3) is 0 Å². The molecule has 15 heavy (non-hydrogen) atoms. The molecule has 2 heterocycles. The first-order valence-electron chi connectivity index (χ1n) is 4.52. The number of hydrogen-bond donors (Lipinski definition) is 1. The predicted molar refractivity (Wildman–Crippen MR) is 56.4 cm³/mol. The molecule has 0 aliphatic carbocycles. The fourth-order valence-electron chi connectivity index (χ4n) is 1.60. The second kappa shape index (κ2) is 3.17. The van der Waals surface area contributed by atoms with Crippen LogP contribution >= 0.6 is 0 Å². The molecule has 76 valence electrons. The third-order valence-electron chi connectivity index (χ3n) is 2.33. The molecule has 5 nitrogen and oxygen atoms in total. The number of aryl methyl sites for hydroxylation is 2. The van der Waals surface area contributed by atoms with Crippen LogP contribution in [0.3, 0.4) is 0 Å². The molecule has 0 saturated carbocycles. The summed E-state index contributed by atoms with van der Waals surface area (Å²) in [4.78, 5) is 0. The normalized spacial score (nSPS) is 10.2. The van der Waals surface area contributed by atoms with Crippen LogP contribution in [-0.2, 0) is 7.05 Å². The van der Waals surface area contributed by atoms with Gasteiger partial charge in [0.15, 0.2) is 5.82 Å².